The highest BCUT2D eigenvalue weighted by atomic mass is 16.5. The first kappa shape index (κ1) is 20.3. The Morgan fingerprint density at radius 1 is 1.14 bits per heavy atom. The van der Waals surface area contributed by atoms with E-state index in [-0.39, 0.29) is 0 Å². The van der Waals surface area contributed by atoms with Gasteiger partial charge in [0.05, 0.1) is 0 Å². The average Bonchev–Trinajstić information content (AvgIpc) is 3.27. The molecule has 1 saturated heterocycles. The molecule has 0 unspecified atom stereocenters. The average molecular weight is 402 g/mol. The lowest BCUT2D eigenvalue weighted by atomic mass is 9.98. The Morgan fingerprint density at radius 3 is 2.45 bits per heavy atom. The molecule has 3 N–H and O–H groups in total. The SMILES string of the molecule is C[C@@H](OC(=O)CN1C(=O)NC2(CCCC2)C1=O)C(=O)NNC(=O)c1ccccc1. The molecule has 1 aliphatic heterocycles. The van der Waals surface area contributed by atoms with Crippen LogP contribution in [0.3, 0.4) is 0 Å². The van der Waals surface area contributed by atoms with Crippen molar-refractivity contribution < 1.29 is 28.7 Å². The Hall–Kier alpha value is -3.43. The molecule has 29 heavy (non-hydrogen) atoms. The highest BCUT2D eigenvalue weighted by Crippen LogP contribution is 2.34. The minimum absolute atomic E-state index is 0.344. The van der Waals surface area contributed by atoms with Gasteiger partial charge in [-0.25, -0.2) is 4.79 Å². The van der Waals surface area contributed by atoms with E-state index in [9.17, 15) is 24.0 Å². The number of benzene rings is 1. The van der Waals surface area contributed by atoms with Crippen molar-refractivity contribution in [3.63, 3.8) is 0 Å². The number of nitrogens with one attached hydrogen (secondary N) is 3. The lowest BCUT2D eigenvalue weighted by Gasteiger charge is -2.20. The van der Waals surface area contributed by atoms with Crippen LogP contribution in [0, 0.1) is 0 Å². The van der Waals surface area contributed by atoms with E-state index in [0.29, 0.717) is 18.4 Å². The zero-order chi connectivity index (χ0) is 21.0. The van der Waals surface area contributed by atoms with Crippen molar-refractivity contribution in [2.75, 3.05) is 6.54 Å². The maximum Gasteiger partial charge on any atom is 0.327 e. The van der Waals surface area contributed by atoms with Crippen molar-refractivity contribution in [1.82, 2.24) is 21.1 Å². The molecule has 5 amide bonds. The van der Waals surface area contributed by atoms with Gasteiger partial charge in [0.1, 0.15) is 12.1 Å². The van der Waals surface area contributed by atoms with Crippen LogP contribution in [0.1, 0.15) is 43.0 Å². The van der Waals surface area contributed by atoms with Crippen molar-refractivity contribution in [2.45, 2.75) is 44.2 Å². The quantitative estimate of drug-likeness (QED) is 0.367. The largest absolute Gasteiger partial charge is 0.451 e. The third-order valence-electron chi connectivity index (χ3n) is 5.00. The van der Waals surface area contributed by atoms with Gasteiger partial charge in [-0.05, 0) is 31.9 Å². The lowest BCUT2D eigenvalue weighted by Crippen LogP contribution is -2.47. The number of nitrogens with zero attached hydrogens (tertiary/aromatic N) is 1. The number of hydrogen-bond acceptors (Lipinski definition) is 6. The molecule has 0 radical (unpaired) electrons. The molecule has 2 fully saturated rings. The Bertz CT molecular complexity index is 834. The van der Waals surface area contributed by atoms with E-state index in [4.69, 9.17) is 4.74 Å². The van der Waals surface area contributed by atoms with Gasteiger partial charge < -0.3 is 10.1 Å². The first-order valence-corrected chi connectivity index (χ1v) is 9.31. The minimum Gasteiger partial charge on any atom is -0.451 e. The monoisotopic (exact) mass is 402 g/mol. The molecule has 10 heteroatoms. The zero-order valence-electron chi connectivity index (χ0n) is 15.9. The molecule has 154 valence electrons. The summed E-state index contributed by atoms with van der Waals surface area (Å²) in [6.07, 6.45) is 1.51. The number of rotatable bonds is 5. The maximum atomic E-state index is 12.5. The molecule has 3 rings (SSSR count). The molecule has 1 aromatic carbocycles. The van der Waals surface area contributed by atoms with Crippen molar-refractivity contribution in [3.8, 4) is 0 Å². The van der Waals surface area contributed by atoms with Gasteiger partial charge in [0.15, 0.2) is 6.10 Å². The standard InChI is InChI=1S/C19H22N4O6/c1-12(15(25)21-22-16(26)13-7-3-2-4-8-13)29-14(24)11-23-17(27)19(20-18(23)28)9-5-6-10-19/h2-4,7-8,12H,5-6,9-11H2,1H3,(H,20,28)(H,21,25)(H,22,26)/t12-/m1/s1. The third-order valence-corrected chi connectivity index (χ3v) is 5.00. The number of imide groups is 1. The fraction of sp³-hybridized carbons (Fsp3) is 0.421. The molecule has 0 aromatic heterocycles. The summed E-state index contributed by atoms with van der Waals surface area (Å²) in [6.45, 7) is 0.729. The Labute approximate surface area is 166 Å². The first-order chi connectivity index (χ1) is 13.8. The van der Waals surface area contributed by atoms with E-state index in [1.165, 1.54) is 6.92 Å². The molecule has 1 saturated carbocycles. The van der Waals surface area contributed by atoms with Gasteiger partial charge in [-0.15, -0.1) is 0 Å². The van der Waals surface area contributed by atoms with Crippen LogP contribution in [0.15, 0.2) is 30.3 Å². The highest BCUT2D eigenvalue weighted by Gasteiger charge is 2.52. The van der Waals surface area contributed by atoms with Gasteiger partial charge in [-0.3, -0.25) is 34.9 Å². The number of esters is 1. The normalized spacial score (nSPS) is 18.3. The van der Waals surface area contributed by atoms with E-state index >= 15 is 0 Å². The molecule has 1 heterocycles. The minimum atomic E-state index is -1.24. The summed E-state index contributed by atoms with van der Waals surface area (Å²) in [4.78, 5) is 61.4. The third kappa shape index (κ3) is 4.36. The second-order valence-electron chi connectivity index (χ2n) is 7.05. The number of hydrogen-bond donors (Lipinski definition) is 3. The molecule has 1 aromatic rings. The summed E-state index contributed by atoms with van der Waals surface area (Å²) < 4.78 is 4.98. The number of urea groups is 1. The lowest BCUT2D eigenvalue weighted by molar-refractivity contribution is -0.156. The second-order valence-corrected chi connectivity index (χ2v) is 7.05. The van der Waals surface area contributed by atoms with Gasteiger partial charge in [-0.1, -0.05) is 31.0 Å². The van der Waals surface area contributed by atoms with E-state index in [1.54, 1.807) is 30.3 Å². The van der Waals surface area contributed by atoms with E-state index in [1.807, 2.05) is 0 Å². The number of amides is 5. The molecular formula is C19H22N4O6. The number of carbonyl (C=O) groups is 5. The van der Waals surface area contributed by atoms with Crippen molar-refractivity contribution >= 4 is 29.7 Å². The summed E-state index contributed by atoms with van der Waals surface area (Å²) in [5.74, 6) is -2.63. The summed E-state index contributed by atoms with van der Waals surface area (Å²) >= 11 is 0. The zero-order valence-corrected chi connectivity index (χ0v) is 15.9. The van der Waals surface area contributed by atoms with Gasteiger partial charge in [0, 0.05) is 5.56 Å². The van der Waals surface area contributed by atoms with Crippen LogP contribution >= 0.6 is 0 Å². The first-order valence-electron chi connectivity index (χ1n) is 9.31. The van der Waals surface area contributed by atoms with E-state index in [0.717, 1.165) is 17.7 Å². The molecule has 10 nitrogen and oxygen atoms in total. The Kier molecular flexibility index (Phi) is 5.81. The van der Waals surface area contributed by atoms with Crippen LogP contribution in [0.2, 0.25) is 0 Å². The number of ether oxygens (including phenoxy) is 1. The Morgan fingerprint density at radius 2 is 1.79 bits per heavy atom. The van der Waals surface area contributed by atoms with Crippen molar-refractivity contribution in [3.05, 3.63) is 35.9 Å². The second kappa shape index (κ2) is 8.29. The summed E-state index contributed by atoms with van der Waals surface area (Å²) in [5, 5.41) is 2.66. The molecule has 1 atom stereocenters. The van der Waals surface area contributed by atoms with E-state index in [2.05, 4.69) is 16.2 Å². The molecule has 1 aliphatic carbocycles. The number of carbonyl (C=O) groups excluding carboxylic acids is 5. The van der Waals surface area contributed by atoms with Crippen LogP contribution in [0.25, 0.3) is 0 Å². The van der Waals surface area contributed by atoms with Gasteiger partial charge in [0.2, 0.25) is 0 Å². The van der Waals surface area contributed by atoms with Gasteiger partial charge in [-0.2, -0.15) is 0 Å². The molecule has 1 spiro atoms. The smallest absolute Gasteiger partial charge is 0.327 e. The van der Waals surface area contributed by atoms with Crippen LogP contribution in [0.4, 0.5) is 4.79 Å². The fourth-order valence-electron chi connectivity index (χ4n) is 3.44. The molecule has 2 aliphatic rings. The fourth-order valence-corrected chi connectivity index (χ4v) is 3.44. The topological polar surface area (TPSA) is 134 Å². The number of hydrazine groups is 1. The van der Waals surface area contributed by atoms with Gasteiger partial charge >= 0.3 is 12.0 Å². The highest BCUT2D eigenvalue weighted by molar-refractivity contribution is 6.09. The van der Waals surface area contributed by atoms with Gasteiger partial charge in [0.25, 0.3) is 17.7 Å². The molecular weight excluding hydrogens is 380 g/mol. The van der Waals surface area contributed by atoms with Crippen LogP contribution in [-0.2, 0) is 19.1 Å². The van der Waals surface area contributed by atoms with Crippen LogP contribution in [-0.4, -0.2) is 52.8 Å². The van der Waals surface area contributed by atoms with Crippen molar-refractivity contribution in [1.29, 1.82) is 0 Å². The van der Waals surface area contributed by atoms with Crippen LogP contribution < -0.4 is 16.2 Å². The maximum absolute atomic E-state index is 12.5. The van der Waals surface area contributed by atoms with Crippen LogP contribution in [0.5, 0.6) is 0 Å². The van der Waals surface area contributed by atoms with Crippen molar-refractivity contribution in [2.24, 2.45) is 0 Å². The predicted octanol–water partition coefficient (Wildman–Crippen LogP) is 0.244. The summed E-state index contributed by atoms with van der Waals surface area (Å²) in [5.41, 5.74) is 3.81. The Balaban J connectivity index is 1.47. The summed E-state index contributed by atoms with van der Waals surface area (Å²) in [7, 11) is 0. The summed E-state index contributed by atoms with van der Waals surface area (Å²) in [6, 6.07) is 7.59. The molecule has 0 bridgehead atoms. The predicted molar refractivity (Wildman–Crippen MR) is 99.0 cm³/mol. The van der Waals surface area contributed by atoms with E-state index < -0.39 is 47.9 Å².